The normalized spacial score (nSPS) is 11.9. The number of halogens is 1. The van der Waals surface area contributed by atoms with E-state index < -0.39 is 0 Å². The molecule has 1 N–H and O–H groups in total. The molecule has 3 aromatic carbocycles. The Balaban J connectivity index is 1.49. The van der Waals surface area contributed by atoms with Gasteiger partial charge in [-0.25, -0.2) is 4.39 Å². The minimum atomic E-state index is -0.358. The molecular formula is C20H16FNO2S. The molecule has 0 aliphatic carbocycles. The molecule has 0 fully saturated rings. The lowest BCUT2D eigenvalue weighted by Crippen LogP contribution is -2.02. The lowest BCUT2D eigenvalue weighted by atomic mass is 10.2. The summed E-state index contributed by atoms with van der Waals surface area (Å²) in [5.41, 5.74) is 1.77. The van der Waals surface area contributed by atoms with Crippen molar-refractivity contribution >= 4 is 17.4 Å². The van der Waals surface area contributed by atoms with E-state index in [-0.39, 0.29) is 11.6 Å². The standard InChI is InChI=1S/C20H16FNO2S/c1-23-16-8-6-13(10-15(16)21)12-22-14-7-9-20-18(11-14)24-17-4-2-3-5-19(17)25-20/h2-11,22H,12H2,1H3. The molecule has 126 valence electrons. The monoisotopic (exact) mass is 353 g/mol. The Hall–Kier alpha value is -2.66. The van der Waals surface area contributed by atoms with E-state index in [2.05, 4.69) is 5.32 Å². The maximum absolute atomic E-state index is 13.8. The second-order valence-corrected chi connectivity index (χ2v) is 6.72. The van der Waals surface area contributed by atoms with E-state index in [1.807, 2.05) is 48.5 Å². The number of fused-ring (bicyclic) bond motifs is 2. The topological polar surface area (TPSA) is 30.5 Å². The fourth-order valence-electron chi connectivity index (χ4n) is 2.66. The van der Waals surface area contributed by atoms with Crippen LogP contribution in [0.3, 0.4) is 0 Å². The van der Waals surface area contributed by atoms with Crippen LogP contribution < -0.4 is 14.8 Å². The van der Waals surface area contributed by atoms with E-state index in [0.29, 0.717) is 6.54 Å². The molecule has 0 saturated carbocycles. The van der Waals surface area contributed by atoms with Crippen LogP contribution in [0.1, 0.15) is 5.56 Å². The average molecular weight is 353 g/mol. The lowest BCUT2D eigenvalue weighted by Gasteiger charge is -2.20. The van der Waals surface area contributed by atoms with Crippen molar-refractivity contribution in [3.63, 3.8) is 0 Å². The van der Waals surface area contributed by atoms with Crippen molar-refractivity contribution in [2.24, 2.45) is 0 Å². The van der Waals surface area contributed by atoms with Gasteiger partial charge in [-0.3, -0.25) is 0 Å². The Morgan fingerprint density at radius 3 is 2.68 bits per heavy atom. The van der Waals surface area contributed by atoms with Gasteiger partial charge >= 0.3 is 0 Å². The van der Waals surface area contributed by atoms with Gasteiger partial charge in [0, 0.05) is 18.3 Å². The smallest absolute Gasteiger partial charge is 0.165 e. The predicted molar refractivity (Wildman–Crippen MR) is 97.4 cm³/mol. The summed E-state index contributed by atoms with van der Waals surface area (Å²) in [5.74, 6) is 1.59. The van der Waals surface area contributed by atoms with Crippen molar-refractivity contribution in [3.05, 3.63) is 72.0 Å². The predicted octanol–water partition coefficient (Wildman–Crippen LogP) is 5.70. The van der Waals surface area contributed by atoms with Crippen molar-refractivity contribution in [3.8, 4) is 17.2 Å². The number of hydrogen-bond acceptors (Lipinski definition) is 4. The summed E-state index contributed by atoms with van der Waals surface area (Å²) in [6.07, 6.45) is 0. The van der Waals surface area contributed by atoms with Gasteiger partial charge in [0.2, 0.25) is 0 Å². The van der Waals surface area contributed by atoms with E-state index in [4.69, 9.17) is 9.47 Å². The molecule has 4 rings (SSSR count). The van der Waals surface area contributed by atoms with Crippen LogP contribution in [0.15, 0.2) is 70.5 Å². The molecule has 25 heavy (non-hydrogen) atoms. The third-order valence-electron chi connectivity index (χ3n) is 3.95. The number of anilines is 1. The lowest BCUT2D eigenvalue weighted by molar-refractivity contribution is 0.386. The van der Waals surface area contributed by atoms with Crippen molar-refractivity contribution < 1.29 is 13.9 Å². The first-order valence-corrected chi connectivity index (χ1v) is 8.69. The molecule has 1 heterocycles. The highest BCUT2D eigenvalue weighted by Crippen LogP contribution is 2.47. The molecule has 1 aliphatic rings. The first-order valence-electron chi connectivity index (χ1n) is 7.88. The summed E-state index contributed by atoms with van der Waals surface area (Å²) in [7, 11) is 1.46. The third-order valence-corrected chi connectivity index (χ3v) is 5.06. The van der Waals surface area contributed by atoms with Crippen LogP contribution >= 0.6 is 11.8 Å². The van der Waals surface area contributed by atoms with Crippen LogP contribution in [-0.2, 0) is 6.54 Å². The highest BCUT2D eigenvalue weighted by molar-refractivity contribution is 7.99. The van der Waals surface area contributed by atoms with E-state index in [0.717, 1.165) is 32.5 Å². The zero-order valence-corrected chi connectivity index (χ0v) is 14.4. The maximum atomic E-state index is 13.8. The first-order chi connectivity index (χ1) is 12.2. The van der Waals surface area contributed by atoms with Crippen molar-refractivity contribution in [2.45, 2.75) is 16.3 Å². The Kier molecular flexibility index (Phi) is 4.24. The van der Waals surface area contributed by atoms with E-state index in [1.165, 1.54) is 13.2 Å². The number of benzene rings is 3. The maximum Gasteiger partial charge on any atom is 0.165 e. The van der Waals surface area contributed by atoms with Gasteiger partial charge in [-0.2, -0.15) is 0 Å². The zero-order chi connectivity index (χ0) is 17.2. The fraction of sp³-hybridized carbons (Fsp3) is 0.100. The molecule has 0 atom stereocenters. The van der Waals surface area contributed by atoms with Gasteiger partial charge < -0.3 is 14.8 Å². The number of hydrogen-bond donors (Lipinski definition) is 1. The summed E-state index contributed by atoms with van der Waals surface area (Å²) in [5, 5.41) is 3.30. The molecular weight excluding hydrogens is 337 g/mol. The number of rotatable bonds is 4. The van der Waals surface area contributed by atoms with Gasteiger partial charge in [-0.15, -0.1) is 0 Å². The molecule has 1 aliphatic heterocycles. The Morgan fingerprint density at radius 2 is 1.84 bits per heavy atom. The van der Waals surface area contributed by atoms with E-state index in [1.54, 1.807) is 17.8 Å². The Labute approximate surface area is 149 Å². The highest BCUT2D eigenvalue weighted by Gasteiger charge is 2.17. The fourth-order valence-corrected chi connectivity index (χ4v) is 3.59. The third kappa shape index (κ3) is 3.28. The largest absolute Gasteiger partial charge is 0.494 e. The second kappa shape index (κ2) is 6.69. The number of nitrogens with one attached hydrogen (secondary N) is 1. The van der Waals surface area contributed by atoms with Crippen molar-refractivity contribution in [1.82, 2.24) is 0 Å². The van der Waals surface area contributed by atoms with Gasteiger partial charge in [0.15, 0.2) is 11.6 Å². The summed E-state index contributed by atoms with van der Waals surface area (Å²) in [6, 6.07) is 18.9. The molecule has 0 unspecified atom stereocenters. The molecule has 0 aromatic heterocycles. The Bertz CT molecular complexity index is 929. The van der Waals surface area contributed by atoms with Crippen molar-refractivity contribution in [2.75, 3.05) is 12.4 Å². The molecule has 3 aromatic rings. The van der Waals surface area contributed by atoms with Gasteiger partial charge in [0.05, 0.1) is 16.9 Å². The number of ether oxygens (including phenoxy) is 2. The Morgan fingerprint density at radius 1 is 1.00 bits per heavy atom. The van der Waals surface area contributed by atoms with Gasteiger partial charge in [-0.05, 0) is 42.0 Å². The van der Waals surface area contributed by atoms with Crippen LogP contribution in [0, 0.1) is 5.82 Å². The van der Waals surface area contributed by atoms with E-state index >= 15 is 0 Å². The van der Waals surface area contributed by atoms with Gasteiger partial charge in [0.1, 0.15) is 11.5 Å². The number of methoxy groups -OCH3 is 1. The zero-order valence-electron chi connectivity index (χ0n) is 13.6. The van der Waals surface area contributed by atoms with Gasteiger partial charge in [-0.1, -0.05) is 30.0 Å². The van der Waals surface area contributed by atoms with Crippen LogP contribution in [0.25, 0.3) is 0 Å². The number of para-hydroxylation sites is 1. The molecule has 0 amide bonds. The van der Waals surface area contributed by atoms with Gasteiger partial charge in [0.25, 0.3) is 0 Å². The summed E-state index contributed by atoms with van der Waals surface area (Å²) >= 11 is 1.70. The quantitative estimate of drug-likeness (QED) is 0.509. The van der Waals surface area contributed by atoms with Crippen LogP contribution in [0.5, 0.6) is 17.2 Å². The molecule has 5 heteroatoms. The minimum Gasteiger partial charge on any atom is -0.494 e. The average Bonchev–Trinajstić information content (AvgIpc) is 2.64. The molecule has 0 bridgehead atoms. The van der Waals surface area contributed by atoms with Crippen LogP contribution in [0.2, 0.25) is 0 Å². The van der Waals surface area contributed by atoms with Crippen LogP contribution in [0.4, 0.5) is 10.1 Å². The molecule has 0 spiro atoms. The second-order valence-electron chi connectivity index (χ2n) is 5.63. The van der Waals surface area contributed by atoms with Crippen LogP contribution in [-0.4, -0.2) is 7.11 Å². The molecule has 0 radical (unpaired) electrons. The molecule has 0 saturated heterocycles. The minimum absolute atomic E-state index is 0.252. The summed E-state index contributed by atoms with van der Waals surface area (Å²) in [6.45, 7) is 0.517. The highest BCUT2D eigenvalue weighted by atomic mass is 32.2. The van der Waals surface area contributed by atoms with Crippen molar-refractivity contribution in [1.29, 1.82) is 0 Å². The van der Waals surface area contributed by atoms with E-state index in [9.17, 15) is 4.39 Å². The first kappa shape index (κ1) is 15.8. The SMILES string of the molecule is COc1ccc(CNc2ccc3c(c2)Oc2ccccc2S3)cc1F. The summed E-state index contributed by atoms with van der Waals surface area (Å²) in [4.78, 5) is 2.20. The molecule has 3 nitrogen and oxygen atoms in total. The summed E-state index contributed by atoms with van der Waals surface area (Å²) < 4.78 is 24.7.